The summed E-state index contributed by atoms with van der Waals surface area (Å²) in [5, 5.41) is 12.1. The van der Waals surface area contributed by atoms with Crippen molar-refractivity contribution in [3.8, 4) is 5.75 Å². The Kier molecular flexibility index (Phi) is 5.16. The molecule has 0 aliphatic rings. The minimum absolute atomic E-state index is 0.169. The van der Waals surface area contributed by atoms with Crippen molar-refractivity contribution in [1.29, 1.82) is 0 Å². The van der Waals surface area contributed by atoms with E-state index in [1.165, 1.54) is 0 Å². The number of carboxylic acid groups (broad SMARTS) is 1. The van der Waals surface area contributed by atoms with Gasteiger partial charge in [-0.1, -0.05) is 26.0 Å². The van der Waals surface area contributed by atoms with Gasteiger partial charge in [0, 0.05) is 13.1 Å². The molecule has 18 heavy (non-hydrogen) atoms. The van der Waals surface area contributed by atoms with Crippen LogP contribution in [0.5, 0.6) is 5.75 Å². The van der Waals surface area contributed by atoms with Gasteiger partial charge < -0.3 is 15.2 Å². The number of aliphatic carboxylic acids is 1. The van der Waals surface area contributed by atoms with Crippen LogP contribution in [0.2, 0.25) is 0 Å². The third-order valence-electron chi connectivity index (χ3n) is 2.72. The Balaban J connectivity index is 2.38. The van der Waals surface area contributed by atoms with Crippen molar-refractivity contribution < 1.29 is 14.6 Å². The van der Waals surface area contributed by atoms with Gasteiger partial charge in [0.1, 0.15) is 5.75 Å². The average Bonchev–Trinajstić information content (AvgIpc) is 2.28. The summed E-state index contributed by atoms with van der Waals surface area (Å²) in [6.45, 7) is 5.29. The molecule has 0 fully saturated rings. The lowest BCUT2D eigenvalue weighted by molar-refractivity contribution is -0.139. The number of carbonyl (C=O) groups is 1. The van der Waals surface area contributed by atoms with Crippen molar-refractivity contribution >= 4 is 5.97 Å². The number of ether oxygens (including phenoxy) is 1. The zero-order chi connectivity index (χ0) is 13.6. The molecule has 0 atom stereocenters. The summed E-state index contributed by atoms with van der Waals surface area (Å²) < 4.78 is 5.09. The highest BCUT2D eigenvalue weighted by atomic mass is 16.5. The van der Waals surface area contributed by atoms with Crippen LogP contribution in [0.25, 0.3) is 0 Å². The molecule has 0 saturated carbocycles. The number of carboxylic acids is 1. The molecule has 0 radical (unpaired) electrons. The fourth-order valence-electron chi connectivity index (χ4n) is 1.76. The van der Waals surface area contributed by atoms with Crippen LogP contribution in [0.15, 0.2) is 24.3 Å². The standard InChI is InChI=1S/C14H21NO3/c1-14(2,8-13(16)17)10-15-9-11-4-6-12(18-3)7-5-11/h4-7,15H,8-10H2,1-3H3,(H,16,17). The quantitative estimate of drug-likeness (QED) is 0.780. The lowest BCUT2D eigenvalue weighted by Gasteiger charge is -2.22. The van der Waals surface area contributed by atoms with Gasteiger partial charge in [-0.25, -0.2) is 0 Å². The topological polar surface area (TPSA) is 58.6 Å². The first-order valence-electron chi connectivity index (χ1n) is 5.98. The Labute approximate surface area is 108 Å². The Hall–Kier alpha value is -1.55. The number of nitrogens with one attached hydrogen (secondary N) is 1. The van der Waals surface area contributed by atoms with Crippen LogP contribution < -0.4 is 10.1 Å². The minimum Gasteiger partial charge on any atom is -0.497 e. The van der Waals surface area contributed by atoms with Gasteiger partial charge in [-0.15, -0.1) is 0 Å². The first kappa shape index (κ1) is 14.5. The number of benzene rings is 1. The zero-order valence-corrected chi connectivity index (χ0v) is 11.2. The average molecular weight is 251 g/mol. The predicted octanol–water partition coefficient (Wildman–Crippen LogP) is 2.29. The maximum atomic E-state index is 10.7. The molecule has 0 aliphatic heterocycles. The van der Waals surface area contributed by atoms with Crippen molar-refractivity contribution in [2.75, 3.05) is 13.7 Å². The summed E-state index contributed by atoms with van der Waals surface area (Å²) in [7, 11) is 1.64. The number of methoxy groups -OCH3 is 1. The van der Waals surface area contributed by atoms with Crippen molar-refractivity contribution in [1.82, 2.24) is 5.32 Å². The summed E-state index contributed by atoms with van der Waals surface area (Å²) in [4.78, 5) is 10.7. The van der Waals surface area contributed by atoms with E-state index in [4.69, 9.17) is 9.84 Å². The van der Waals surface area contributed by atoms with Crippen molar-refractivity contribution in [3.05, 3.63) is 29.8 Å². The molecule has 1 rings (SSSR count). The molecule has 0 unspecified atom stereocenters. The van der Waals surface area contributed by atoms with E-state index in [1.54, 1.807) is 7.11 Å². The predicted molar refractivity (Wildman–Crippen MR) is 70.7 cm³/mol. The molecule has 0 saturated heterocycles. The molecule has 0 aliphatic carbocycles. The summed E-state index contributed by atoms with van der Waals surface area (Å²) in [6, 6.07) is 7.82. The van der Waals surface area contributed by atoms with Crippen LogP contribution in [0.4, 0.5) is 0 Å². The second-order valence-corrected chi connectivity index (χ2v) is 5.19. The molecule has 0 heterocycles. The molecule has 0 amide bonds. The smallest absolute Gasteiger partial charge is 0.303 e. The molecular formula is C14H21NO3. The van der Waals surface area contributed by atoms with E-state index in [0.717, 1.165) is 17.9 Å². The molecule has 4 heteroatoms. The summed E-state index contributed by atoms with van der Waals surface area (Å²) in [6.07, 6.45) is 0.169. The van der Waals surface area contributed by atoms with E-state index in [9.17, 15) is 4.79 Å². The normalized spacial score (nSPS) is 11.3. The maximum absolute atomic E-state index is 10.7. The Bertz CT molecular complexity index is 385. The highest BCUT2D eigenvalue weighted by molar-refractivity contribution is 5.67. The van der Waals surface area contributed by atoms with E-state index >= 15 is 0 Å². The van der Waals surface area contributed by atoms with Gasteiger partial charge in [-0.05, 0) is 23.1 Å². The maximum Gasteiger partial charge on any atom is 0.303 e. The number of hydrogen-bond acceptors (Lipinski definition) is 3. The van der Waals surface area contributed by atoms with Gasteiger partial charge in [0.05, 0.1) is 13.5 Å². The molecule has 0 spiro atoms. The third kappa shape index (κ3) is 5.19. The van der Waals surface area contributed by atoms with Gasteiger partial charge in [0.2, 0.25) is 0 Å². The van der Waals surface area contributed by atoms with Crippen LogP contribution in [0.1, 0.15) is 25.8 Å². The van der Waals surface area contributed by atoms with E-state index in [1.807, 2.05) is 38.1 Å². The zero-order valence-electron chi connectivity index (χ0n) is 11.2. The van der Waals surface area contributed by atoms with Crippen LogP contribution in [0.3, 0.4) is 0 Å². The fourth-order valence-corrected chi connectivity index (χ4v) is 1.76. The summed E-state index contributed by atoms with van der Waals surface area (Å²) in [5.74, 6) is 0.0798. The summed E-state index contributed by atoms with van der Waals surface area (Å²) in [5.41, 5.74) is 0.917. The fraction of sp³-hybridized carbons (Fsp3) is 0.500. The molecule has 1 aromatic carbocycles. The van der Waals surface area contributed by atoms with Crippen molar-refractivity contribution in [2.24, 2.45) is 5.41 Å². The minimum atomic E-state index is -0.758. The molecule has 2 N–H and O–H groups in total. The van der Waals surface area contributed by atoms with Crippen LogP contribution in [-0.4, -0.2) is 24.7 Å². The Morgan fingerprint density at radius 1 is 1.33 bits per heavy atom. The summed E-state index contributed by atoms with van der Waals surface area (Å²) >= 11 is 0. The highest BCUT2D eigenvalue weighted by Gasteiger charge is 2.20. The van der Waals surface area contributed by atoms with Crippen molar-refractivity contribution in [2.45, 2.75) is 26.8 Å². The second-order valence-electron chi connectivity index (χ2n) is 5.19. The lowest BCUT2D eigenvalue weighted by atomic mass is 9.89. The second kappa shape index (κ2) is 6.40. The monoisotopic (exact) mass is 251 g/mol. The molecule has 1 aromatic rings. The lowest BCUT2D eigenvalue weighted by Crippen LogP contribution is -2.31. The molecule has 4 nitrogen and oxygen atoms in total. The molecule has 0 aromatic heterocycles. The van der Waals surface area contributed by atoms with E-state index in [0.29, 0.717) is 6.54 Å². The van der Waals surface area contributed by atoms with Crippen LogP contribution in [-0.2, 0) is 11.3 Å². The van der Waals surface area contributed by atoms with Gasteiger partial charge in [0.25, 0.3) is 0 Å². The molecule has 100 valence electrons. The largest absolute Gasteiger partial charge is 0.497 e. The highest BCUT2D eigenvalue weighted by Crippen LogP contribution is 2.19. The van der Waals surface area contributed by atoms with Crippen molar-refractivity contribution in [3.63, 3.8) is 0 Å². The van der Waals surface area contributed by atoms with Crippen LogP contribution >= 0.6 is 0 Å². The van der Waals surface area contributed by atoms with Crippen LogP contribution in [0, 0.1) is 5.41 Å². The molecule has 0 bridgehead atoms. The number of rotatable bonds is 7. The van der Waals surface area contributed by atoms with Gasteiger partial charge in [0.15, 0.2) is 0 Å². The van der Waals surface area contributed by atoms with E-state index in [-0.39, 0.29) is 11.8 Å². The van der Waals surface area contributed by atoms with Gasteiger partial charge in [-0.2, -0.15) is 0 Å². The SMILES string of the molecule is COc1ccc(CNCC(C)(C)CC(=O)O)cc1. The van der Waals surface area contributed by atoms with Gasteiger partial charge >= 0.3 is 5.97 Å². The van der Waals surface area contributed by atoms with Gasteiger partial charge in [-0.3, -0.25) is 4.79 Å². The third-order valence-corrected chi connectivity index (χ3v) is 2.72. The number of hydrogen-bond donors (Lipinski definition) is 2. The Morgan fingerprint density at radius 2 is 1.94 bits per heavy atom. The Morgan fingerprint density at radius 3 is 2.44 bits per heavy atom. The van der Waals surface area contributed by atoms with E-state index < -0.39 is 5.97 Å². The van der Waals surface area contributed by atoms with E-state index in [2.05, 4.69) is 5.32 Å². The first-order chi connectivity index (χ1) is 8.43. The first-order valence-corrected chi connectivity index (χ1v) is 5.98. The molecular weight excluding hydrogens is 230 g/mol.